The van der Waals surface area contributed by atoms with Crippen LogP contribution in [0.2, 0.25) is 5.28 Å². The first-order valence-corrected chi connectivity index (χ1v) is 3.90. The average molecular weight is 172 g/mol. The standard InChI is InChI=1S/C7H10ClN3/c1-5(2)3-6-4-9-11-7(8)10-6/h4-5H,3H2,1-2H3. The number of aromatic nitrogens is 3. The summed E-state index contributed by atoms with van der Waals surface area (Å²) in [6.07, 6.45) is 2.54. The molecule has 4 heteroatoms. The molecule has 0 aliphatic rings. The van der Waals surface area contributed by atoms with Crippen molar-refractivity contribution in [2.75, 3.05) is 0 Å². The fourth-order valence-electron chi connectivity index (χ4n) is 0.830. The third-order valence-corrected chi connectivity index (χ3v) is 1.36. The first-order valence-electron chi connectivity index (χ1n) is 3.52. The maximum absolute atomic E-state index is 5.54. The van der Waals surface area contributed by atoms with E-state index >= 15 is 0 Å². The zero-order valence-electron chi connectivity index (χ0n) is 6.58. The fourth-order valence-corrected chi connectivity index (χ4v) is 0.982. The highest BCUT2D eigenvalue weighted by molar-refractivity contribution is 6.28. The van der Waals surface area contributed by atoms with Crippen molar-refractivity contribution in [1.82, 2.24) is 15.2 Å². The topological polar surface area (TPSA) is 38.7 Å². The van der Waals surface area contributed by atoms with E-state index in [1.807, 2.05) is 0 Å². The molecule has 0 aliphatic carbocycles. The van der Waals surface area contributed by atoms with Gasteiger partial charge in [-0.05, 0) is 23.9 Å². The van der Waals surface area contributed by atoms with Crippen LogP contribution in [0.15, 0.2) is 6.20 Å². The highest BCUT2D eigenvalue weighted by atomic mass is 35.5. The number of hydrogen-bond donors (Lipinski definition) is 0. The summed E-state index contributed by atoms with van der Waals surface area (Å²) in [5, 5.41) is 7.47. The fraction of sp³-hybridized carbons (Fsp3) is 0.571. The van der Waals surface area contributed by atoms with E-state index < -0.39 is 0 Å². The Morgan fingerprint density at radius 1 is 1.55 bits per heavy atom. The number of halogens is 1. The third-order valence-electron chi connectivity index (χ3n) is 1.20. The SMILES string of the molecule is CC(C)Cc1cnnc(Cl)n1. The molecule has 0 fully saturated rings. The van der Waals surface area contributed by atoms with Crippen LogP contribution in [0.25, 0.3) is 0 Å². The molecule has 0 saturated heterocycles. The van der Waals surface area contributed by atoms with Gasteiger partial charge in [-0.2, -0.15) is 5.10 Å². The summed E-state index contributed by atoms with van der Waals surface area (Å²) in [6.45, 7) is 4.24. The molecule has 0 N–H and O–H groups in total. The monoisotopic (exact) mass is 171 g/mol. The lowest BCUT2D eigenvalue weighted by Crippen LogP contribution is -1.99. The molecule has 11 heavy (non-hydrogen) atoms. The molecule has 0 bridgehead atoms. The van der Waals surface area contributed by atoms with Crippen LogP contribution in [0.3, 0.4) is 0 Å². The van der Waals surface area contributed by atoms with E-state index in [4.69, 9.17) is 11.6 Å². The summed E-state index contributed by atoms with van der Waals surface area (Å²) in [6, 6.07) is 0. The molecule has 0 saturated carbocycles. The molecule has 0 atom stereocenters. The minimum absolute atomic E-state index is 0.225. The van der Waals surface area contributed by atoms with Gasteiger partial charge >= 0.3 is 0 Å². The normalized spacial score (nSPS) is 10.5. The van der Waals surface area contributed by atoms with Gasteiger partial charge in [-0.15, -0.1) is 5.10 Å². The van der Waals surface area contributed by atoms with Crippen LogP contribution < -0.4 is 0 Å². The Bertz CT molecular complexity index is 237. The second kappa shape index (κ2) is 3.62. The lowest BCUT2D eigenvalue weighted by molar-refractivity contribution is 0.629. The second-order valence-electron chi connectivity index (χ2n) is 2.81. The minimum Gasteiger partial charge on any atom is -0.220 e. The van der Waals surface area contributed by atoms with Crippen molar-refractivity contribution >= 4 is 11.6 Å². The average Bonchev–Trinajstić information content (AvgIpc) is 1.85. The molecule has 0 aromatic carbocycles. The van der Waals surface area contributed by atoms with Crippen molar-refractivity contribution in [3.8, 4) is 0 Å². The van der Waals surface area contributed by atoms with E-state index in [1.165, 1.54) is 0 Å². The molecule has 1 aromatic heterocycles. The quantitative estimate of drug-likeness (QED) is 0.680. The largest absolute Gasteiger partial charge is 0.243 e. The molecule has 0 amide bonds. The molecular weight excluding hydrogens is 162 g/mol. The Balaban J connectivity index is 2.71. The zero-order valence-corrected chi connectivity index (χ0v) is 7.34. The Labute approximate surface area is 70.8 Å². The van der Waals surface area contributed by atoms with Crippen molar-refractivity contribution in [2.24, 2.45) is 5.92 Å². The van der Waals surface area contributed by atoms with Gasteiger partial charge in [0.2, 0.25) is 5.28 Å². The van der Waals surface area contributed by atoms with E-state index in [-0.39, 0.29) is 5.28 Å². The van der Waals surface area contributed by atoms with E-state index in [1.54, 1.807) is 6.20 Å². The molecule has 0 aliphatic heterocycles. The first-order chi connectivity index (χ1) is 5.18. The Morgan fingerprint density at radius 2 is 2.27 bits per heavy atom. The minimum atomic E-state index is 0.225. The van der Waals surface area contributed by atoms with E-state index in [0.29, 0.717) is 5.92 Å². The third kappa shape index (κ3) is 2.80. The lowest BCUT2D eigenvalue weighted by Gasteiger charge is -2.01. The molecule has 60 valence electrons. The van der Waals surface area contributed by atoms with Gasteiger partial charge in [0.1, 0.15) is 0 Å². The van der Waals surface area contributed by atoms with Crippen LogP contribution in [0.5, 0.6) is 0 Å². The van der Waals surface area contributed by atoms with Crippen LogP contribution in [-0.2, 0) is 6.42 Å². The van der Waals surface area contributed by atoms with Gasteiger partial charge in [0, 0.05) is 0 Å². The number of rotatable bonds is 2. The second-order valence-corrected chi connectivity index (χ2v) is 3.15. The van der Waals surface area contributed by atoms with E-state index in [9.17, 15) is 0 Å². The molecule has 1 aromatic rings. The summed E-state index contributed by atoms with van der Waals surface area (Å²) in [4.78, 5) is 4.01. The van der Waals surface area contributed by atoms with Gasteiger partial charge in [-0.3, -0.25) is 0 Å². The predicted octanol–water partition coefficient (Wildman–Crippen LogP) is 1.72. The number of nitrogens with zero attached hydrogens (tertiary/aromatic N) is 3. The van der Waals surface area contributed by atoms with Gasteiger partial charge in [0.15, 0.2) is 0 Å². The van der Waals surface area contributed by atoms with Crippen LogP contribution in [0.4, 0.5) is 0 Å². The van der Waals surface area contributed by atoms with Crippen LogP contribution in [0, 0.1) is 5.92 Å². The molecular formula is C7H10ClN3. The Kier molecular flexibility index (Phi) is 2.76. The van der Waals surface area contributed by atoms with Crippen molar-refractivity contribution in [3.63, 3.8) is 0 Å². The highest BCUT2D eigenvalue weighted by Crippen LogP contribution is 2.05. The summed E-state index contributed by atoms with van der Waals surface area (Å²) in [5.74, 6) is 0.572. The summed E-state index contributed by atoms with van der Waals surface area (Å²) < 4.78 is 0. The Hall–Kier alpha value is -0.700. The zero-order chi connectivity index (χ0) is 8.27. The molecule has 0 spiro atoms. The van der Waals surface area contributed by atoms with Crippen LogP contribution in [-0.4, -0.2) is 15.2 Å². The smallest absolute Gasteiger partial charge is 0.220 e. The van der Waals surface area contributed by atoms with Crippen molar-refractivity contribution in [2.45, 2.75) is 20.3 Å². The van der Waals surface area contributed by atoms with Crippen molar-refractivity contribution < 1.29 is 0 Å². The summed E-state index contributed by atoms with van der Waals surface area (Å²) >= 11 is 5.54. The lowest BCUT2D eigenvalue weighted by atomic mass is 10.1. The van der Waals surface area contributed by atoms with E-state index in [2.05, 4.69) is 29.0 Å². The Morgan fingerprint density at radius 3 is 2.82 bits per heavy atom. The molecule has 1 rings (SSSR count). The predicted molar refractivity (Wildman–Crippen MR) is 43.4 cm³/mol. The first kappa shape index (κ1) is 8.40. The maximum Gasteiger partial charge on any atom is 0.243 e. The molecule has 0 radical (unpaired) electrons. The van der Waals surface area contributed by atoms with E-state index in [0.717, 1.165) is 12.1 Å². The molecule has 3 nitrogen and oxygen atoms in total. The number of hydrogen-bond acceptors (Lipinski definition) is 3. The van der Waals surface area contributed by atoms with Gasteiger partial charge in [0.25, 0.3) is 0 Å². The maximum atomic E-state index is 5.54. The van der Waals surface area contributed by atoms with Crippen molar-refractivity contribution in [3.05, 3.63) is 17.2 Å². The van der Waals surface area contributed by atoms with Gasteiger partial charge in [0.05, 0.1) is 11.9 Å². The molecule has 1 heterocycles. The van der Waals surface area contributed by atoms with Gasteiger partial charge in [-0.25, -0.2) is 4.98 Å². The van der Waals surface area contributed by atoms with Gasteiger partial charge in [-0.1, -0.05) is 13.8 Å². The van der Waals surface area contributed by atoms with Crippen molar-refractivity contribution in [1.29, 1.82) is 0 Å². The molecule has 0 unspecified atom stereocenters. The highest BCUT2D eigenvalue weighted by Gasteiger charge is 2.00. The van der Waals surface area contributed by atoms with Gasteiger partial charge < -0.3 is 0 Å². The van der Waals surface area contributed by atoms with Crippen LogP contribution >= 0.6 is 11.6 Å². The van der Waals surface area contributed by atoms with Crippen LogP contribution in [0.1, 0.15) is 19.5 Å². The summed E-state index contributed by atoms with van der Waals surface area (Å²) in [5.41, 5.74) is 0.903. The summed E-state index contributed by atoms with van der Waals surface area (Å²) in [7, 11) is 0.